The van der Waals surface area contributed by atoms with Crippen LogP contribution < -0.4 is 15.6 Å². The Hall–Kier alpha value is -1.47. The monoisotopic (exact) mass is 332 g/mol. The number of benzene rings is 2. The number of rotatable bonds is 3. The highest BCUT2D eigenvalue weighted by Crippen LogP contribution is 2.36. The first-order valence-electron chi connectivity index (χ1n) is 5.33. The van der Waals surface area contributed by atoms with Crippen molar-refractivity contribution in [1.29, 1.82) is 0 Å². The molecule has 0 saturated carbocycles. The Kier molecular flexibility index (Phi) is 4.10. The topological polar surface area (TPSA) is 95.4 Å². The third kappa shape index (κ3) is 3.16. The molecule has 4 N–H and O–H groups in total. The maximum atomic E-state index is 11.4. The third-order valence-electron chi connectivity index (χ3n) is 2.45. The maximum Gasteiger partial charge on any atom is 0.240 e. The number of halogens is 2. The number of sulfonamides is 1. The minimum absolute atomic E-state index is 0.0824. The van der Waals surface area contributed by atoms with Crippen molar-refractivity contribution in [2.45, 2.75) is 4.90 Å². The lowest BCUT2D eigenvalue weighted by Gasteiger charge is -2.12. The van der Waals surface area contributed by atoms with Crippen molar-refractivity contribution in [3.63, 3.8) is 0 Å². The Bertz CT molecular complexity index is 763. The van der Waals surface area contributed by atoms with Crippen molar-refractivity contribution in [2.24, 2.45) is 5.14 Å². The standard InChI is InChI=1S/C12H10Cl2N2O3S/c13-7-4-5-9(8(14)6-7)19-10-2-1-3-11(12(10)15)20(16,17)18/h1-6H,15H2,(H2,16,17,18). The molecule has 106 valence electrons. The van der Waals surface area contributed by atoms with Crippen molar-refractivity contribution < 1.29 is 13.2 Å². The van der Waals surface area contributed by atoms with E-state index in [1.807, 2.05) is 0 Å². The van der Waals surface area contributed by atoms with Gasteiger partial charge in [0.25, 0.3) is 0 Å². The summed E-state index contributed by atoms with van der Waals surface area (Å²) < 4.78 is 28.2. The summed E-state index contributed by atoms with van der Waals surface area (Å²) in [4.78, 5) is -0.208. The average Bonchev–Trinajstić information content (AvgIpc) is 2.33. The minimum Gasteiger partial charge on any atom is -0.454 e. The molecular formula is C12H10Cl2N2O3S. The lowest BCUT2D eigenvalue weighted by molar-refractivity contribution is 0.483. The number of hydrogen-bond donors (Lipinski definition) is 2. The molecule has 5 nitrogen and oxygen atoms in total. The van der Waals surface area contributed by atoms with Gasteiger partial charge >= 0.3 is 0 Å². The summed E-state index contributed by atoms with van der Waals surface area (Å²) in [6, 6.07) is 8.90. The van der Waals surface area contributed by atoms with Crippen LogP contribution in [0.5, 0.6) is 11.5 Å². The molecule has 0 saturated heterocycles. The molecule has 8 heteroatoms. The molecule has 0 bridgehead atoms. The zero-order chi connectivity index (χ0) is 14.9. The van der Waals surface area contributed by atoms with Gasteiger partial charge in [-0.1, -0.05) is 29.3 Å². The third-order valence-corrected chi connectivity index (χ3v) is 3.95. The lowest BCUT2D eigenvalue weighted by atomic mass is 10.3. The molecule has 0 fully saturated rings. The normalized spacial score (nSPS) is 11.3. The number of ether oxygens (including phenoxy) is 1. The highest BCUT2D eigenvalue weighted by Gasteiger charge is 2.16. The van der Waals surface area contributed by atoms with Crippen LogP contribution in [-0.4, -0.2) is 8.42 Å². The molecule has 0 amide bonds. The Morgan fingerprint density at radius 1 is 1.05 bits per heavy atom. The van der Waals surface area contributed by atoms with E-state index in [4.69, 9.17) is 38.8 Å². The van der Waals surface area contributed by atoms with E-state index in [9.17, 15) is 8.42 Å². The summed E-state index contributed by atoms with van der Waals surface area (Å²) in [7, 11) is -3.92. The highest BCUT2D eigenvalue weighted by molar-refractivity contribution is 7.89. The fraction of sp³-hybridized carbons (Fsp3) is 0. The smallest absolute Gasteiger partial charge is 0.240 e. The number of para-hydroxylation sites is 1. The zero-order valence-corrected chi connectivity index (χ0v) is 12.3. The van der Waals surface area contributed by atoms with E-state index in [1.165, 1.54) is 24.3 Å². The Morgan fingerprint density at radius 2 is 1.75 bits per heavy atom. The molecule has 2 aromatic carbocycles. The number of hydrogen-bond acceptors (Lipinski definition) is 4. The first kappa shape index (κ1) is 14.9. The molecule has 2 aromatic rings. The van der Waals surface area contributed by atoms with E-state index >= 15 is 0 Å². The zero-order valence-electron chi connectivity index (χ0n) is 10.0. The van der Waals surface area contributed by atoms with Gasteiger partial charge < -0.3 is 10.5 Å². The number of nitrogens with two attached hydrogens (primary N) is 2. The molecule has 0 spiro atoms. The Labute approximate surface area is 126 Å². The molecule has 0 radical (unpaired) electrons. The predicted molar refractivity (Wildman–Crippen MR) is 78.8 cm³/mol. The molecule has 0 atom stereocenters. The maximum absolute atomic E-state index is 11.4. The summed E-state index contributed by atoms with van der Waals surface area (Å²) in [5, 5.41) is 5.79. The molecule has 0 aliphatic heterocycles. The van der Waals surface area contributed by atoms with Crippen LogP contribution in [0.15, 0.2) is 41.3 Å². The van der Waals surface area contributed by atoms with Crippen molar-refractivity contribution in [3.05, 3.63) is 46.4 Å². The van der Waals surface area contributed by atoms with Gasteiger partial charge in [-0.3, -0.25) is 0 Å². The summed E-state index contributed by atoms with van der Waals surface area (Å²) in [6.07, 6.45) is 0. The molecule has 20 heavy (non-hydrogen) atoms. The van der Waals surface area contributed by atoms with Gasteiger partial charge in [-0.05, 0) is 30.3 Å². The van der Waals surface area contributed by atoms with E-state index in [0.717, 1.165) is 0 Å². The summed E-state index contributed by atoms with van der Waals surface area (Å²) in [6.45, 7) is 0. The van der Waals surface area contributed by atoms with E-state index < -0.39 is 10.0 Å². The molecule has 0 aliphatic carbocycles. The van der Waals surface area contributed by atoms with Gasteiger partial charge in [0.05, 0.1) is 10.7 Å². The molecule has 0 unspecified atom stereocenters. The molecule has 2 rings (SSSR count). The first-order valence-corrected chi connectivity index (χ1v) is 7.63. The second kappa shape index (κ2) is 5.49. The fourth-order valence-corrected chi connectivity index (χ4v) is 2.66. The van der Waals surface area contributed by atoms with Gasteiger partial charge in [-0.25, -0.2) is 13.6 Å². The minimum atomic E-state index is -3.92. The number of anilines is 1. The average molecular weight is 333 g/mol. The van der Waals surface area contributed by atoms with Crippen LogP contribution >= 0.6 is 23.2 Å². The van der Waals surface area contributed by atoms with Gasteiger partial charge in [0.15, 0.2) is 5.75 Å². The largest absolute Gasteiger partial charge is 0.454 e. The second-order valence-corrected chi connectivity index (χ2v) is 6.26. The molecule has 0 aliphatic rings. The summed E-state index contributed by atoms with van der Waals surface area (Å²) in [5.41, 5.74) is 5.66. The van der Waals surface area contributed by atoms with Crippen molar-refractivity contribution >= 4 is 38.9 Å². The van der Waals surface area contributed by atoms with Crippen LogP contribution in [0.4, 0.5) is 5.69 Å². The van der Waals surface area contributed by atoms with E-state index in [0.29, 0.717) is 10.8 Å². The van der Waals surface area contributed by atoms with Crippen molar-refractivity contribution in [3.8, 4) is 11.5 Å². The van der Waals surface area contributed by atoms with E-state index in [2.05, 4.69) is 0 Å². The van der Waals surface area contributed by atoms with E-state index in [1.54, 1.807) is 12.1 Å². The molecule has 0 aromatic heterocycles. The van der Waals surface area contributed by atoms with Gasteiger partial charge in [0.1, 0.15) is 10.6 Å². The highest BCUT2D eigenvalue weighted by atomic mass is 35.5. The van der Waals surface area contributed by atoms with Crippen LogP contribution in [0.2, 0.25) is 10.0 Å². The van der Waals surface area contributed by atoms with Gasteiger partial charge in [-0.2, -0.15) is 0 Å². The SMILES string of the molecule is Nc1c(Oc2ccc(Cl)cc2Cl)cccc1S(N)(=O)=O. The molecule has 0 heterocycles. The van der Waals surface area contributed by atoms with E-state index in [-0.39, 0.29) is 21.4 Å². The fourth-order valence-electron chi connectivity index (χ4n) is 1.54. The summed E-state index contributed by atoms with van der Waals surface area (Å²) >= 11 is 11.7. The number of primary sulfonamides is 1. The van der Waals surface area contributed by atoms with Crippen LogP contribution in [-0.2, 0) is 10.0 Å². The lowest BCUT2D eigenvalue weighted by Crippen LogP contribution is -2.14. The van der Waals surface area contributed by atoms with Crippen molar-refractivity contribution in [2.75, 3.05) is 5.73 Å². The van der Waals surface area contributed by atoms with Crippen LogP contribution in [0.1, 0.15) is 0 Å². The Balaban J connectivity index is 2.45. The predicted octanol–water partition coefficient (Wildman–Crippen LogP) is 3.02. The van der Waals surface area contributed by atoms with Crippen molar-refractivity contribution in [1.82, 2.24) is 0 Å². The van der Waals surface area contributed by atoms with Crippen LogP contribution in [0, 0.1) is 0 Å². The number of nitrogen functional groups attached to an aromatic ring is 1. The van der Waals surface area contributed by atoms with Gasteiger partial charge in [0, 0.05) is 5.02 Å². The van der Waals surface area contributed by atoms with Gasteiger partial charge in [0.2, 0.25) is 10.0 Å². The molecular weight excluding hydrogens is 323 g/mol. The summed E-state index contributed by atoms with van der Waals surface area (Å²) in [5.74, 6) is 0.440. The quantitative estimate of drug-likeness (QED) is 0.844. The Morgan fingerprint density at radius 3 is 2.35 bits per heavy atom. The van der Waals surface area contributed by atoms with Gasteiger partial charge in [-0.15, -0.1) is 0 Å². The van der Waals surface area contributed by atoms with Crippen LogP contribution in [0.3, 0.4) is 0 Å². The second-order valence-electron chi connectivity index (χ2n) is 3.89. The van der Waals surface area contributed by atoms with Crippen LogP contribution in [0.25, 0.3) is 0 Å². The first-order chi connectivity index (χ1) is 9.29.